The second-order valence-corrected chi connectivity index (χ2v) is 3.30. The van der Waals surface area contributed by atoms with Crippen LogP contribution in [0.1, 0.15) is 23.3 Å². The average Bonchev–Trinajstić information content (AvgIpc) is 2.28. The number of nitrogens with zero attached hydrogens (tertiary/aromatic N) is 1. The first-order valence-electron chi connectivity index (χ1n) is 5.13. The average molecular weight is 226 g/mol. The number of nitrogens with one attached hydrogen (secondary N) is 1. The molecule has 0 aromatic carbocycles. The SMILES string of the molecule is COCCCCNC(=O)c1cccc(F)n1. The van der Waals surface area contributed by atoms with Gasteiger partial charge in [-0.15, -0.1) is 0 Å². The zero-order valence-electron chi connectivity index (χ0n) is 9.20. The summed E-state index contributed by atoms with van der Waals surface area (Å²) in [4.78, 5) is 14.9. The van der Waals surface area contributed by atoms with E-state index in [2.05, 4.69) is 10.3 Å². The minimum absolute atomic E-state index is 0.103. The Balaban J connectivity index is 2.30. The van der Waals surface area contributed by atoms with Crippen molar-refractivity contribution in [3.63, 3.8) is 0 Å². The van der Waals surface area contributed by atoms with Crippen LogP contribution in [0.3, 0.4) is 0 Å². The Bertz CT molecular complexity index is 345. The molecule has 0 spiro atoms. The van der Waals surface area contributed by atoms with E-state index in [9.17, 15) is 9.18 Å². The smallest absolute Gasteiger partial charge is 0.269 e. The maximum absolute atomic E-state index is 12.7. The van der Waals surface area contributed by atoms with Crippen LogP contribution >= 0.6 is 0 Å². The number of methoxy groups -OCH3 is 1. The number of unbranched alkanes of at least 4 members (excludes halogenated alkanes) is 1. The molecule has 0 aliphatic carbocycles. The first kappa shape index (κ1) is 12.6. The minimum atomic E-state index is -0.646. The van der Waals surface area contributed by atoms with E-state index in [0.29, 0.717) is 13.2 Å². The Kier molecular flexibility index (Phi) is 5.42. The van der Waals surface area contributed by atoms with Gasteiger partial charge in [0.1, 0.15) is 5.69 Å². The number of amides is 1. The van der Waals surface area contributed by atoms with Gasteiger partial charge in [0.25, 0.3) is 5.91 Å². The molecule has 88 valence electrons. The Morgan fingerprint density at radius 2 is 2.31 bits per heavy atom. The summed E-state index contributed by atoms with van der Waals surface area (Å²) >= 11 is 0. The van der Waals surface area contributed by atoms with E-state index in [4.69, 9.17) is 4.74 Å². The van der Waals surface area contributed by atoms with Gasteiger partial charge in [-0.2, -0.15) is 4.39 Å². The molecule has 1 N–H and O–H groups in total. The van der Waals surface area contributed by atoms with E-state index in [0.717, 1.165) is 12.8 Å². The van der Waals surface area contributed by atoms with Gasteiger partial charge in [0.15, 0.2) is 0 Å². The van der Waals surface area contributed by atoms with E-state index in [1.807, 2.05) is 0 Å². The molecule has 0 aliphatic rings. The summed E-state index contributed by atoms with van der Waals surface area (Å²) in [5, 5.41) is 2.66. The molecule has 1 heterocycles. The summed E-state index contributed by atoms with van der Waals surface area (Å²) in [6.07, 6.45) is 1.71. The van der Waals surface area contributed by atoms with Crippen LogP contribution in [0, 0.1) is 5.95 Å². The first-order valence-corrected chi connectivity index (χ1v) is 5.13. The number of ether oxygens (including phenoxy) is 1. The normalized spacial score (nSPS) is 10.1. The Morgan fingerprint density at radius 1 is 1.50 bits per heavy atom. The monoisotopic (exact) mass is 226 g/mol. The van der Waals surface area contributed by atoms with Gasteiger partial charge in [0, 0.05) is 20.3 Å². The van der Waals surface area contributed by atoms with Crippen LogP contribution < -0.4 is 5.32 Å². The number of hydrogen-bond acceptors (Lipinski definition) is 3. The second-order valence-electron chi connectivity index (χ2n) is 3.30. The zero-order valence-corrected chi connectivity index (χ0v) is 9.20. The lowest BCUT2D eigenvalue weighted by Crippen LogP contribution is -2.25. The third kappa shape index (κ3) is 4.35. The Morgan fingerprint density at radius 3 is 3.00 bits per heavy atom. The lowest BCUT2D eigenvalue weighted by atomic mass is 10.3. The molecule has 5 heteroatoms. The van der Waals surface area contributed by atoms with Crippen molar-refractivity contribution >= 4 is 5.91 Å². The zero-order chi connectivity index (χ0) is 11.8. The van der Waals surface area contributed by atoms with Crippen LogP contribution in [0.2, 0.25) is 0 Å². The van der Waals surface area contributed by atoms with Crippen molar-refractivity contribution in [2.45, 2.75) is 12.8 Å². The van der Waals surface area contributed by atoms with Crippen LogP contribution in [0.4, 0.5) is 4.39 Å². The highest BCUT2D eigenvalue weighted by Gasteiger charge is 2.06. The van der Waals surface area contributed by atoms with Crippen LogP contribution in [0.5, 0.6) is 0 Å². The van der Waals surface area contributed by atoms with Crippen LogP contribution in [-0.2, 0) is 4.74 Å². The van der Waals surface area contributed by atoms with Crippen molar-refractivity contribution in [2.24, 2.45) is 0 Å². The van der Waals surface area contributed by atoms with Gasteiger partial charge in [0.05, 0.1) is 0 Å². The van der Waals surface area contributed by atoms with Crippen molar-refractivity contribution in [3.8, 4) is 0 Å². The highest BCUT2D eigenvalue weighted by Crippen LogP contribution is 1.97. The molecule has 0 saturated carbocycles. The molecule has 1 aromatic heterocycles. The first-order chi connectivity index (χ1) is 7.74. The van der Waals surface area contributed by atoms with Gasteiger partial charge < -0.3 is 10.1 Å². The summed E-state index contributed by atoms with van der Waals surface area (Å²) in [5.41, 5.74) is 0.103. The molecule has 1 amide bonds. The van der Waals surface area contributed by atoms with E-state index in [1.165, 1.54) is 18.2 Å². The van der Waals surface area contributed by atoms with E-state index < -0.39 is 5.95 Å². The summed E-state index contributed by atoms with van der Waals surface area (Å²) in [5.74, 6) is -0.996. The van der Waals surface area contributed by atoms with Crippen LogP contribution in [-0.4, -0.2) is 31.2 Å². The number of hydrogen-bond donors (Lipinski definition) is 1. The molecular formula is C11H15FN2O2. The lowest BCUT2D eigenvalue weighted by Gasteiger charge is -2.04. The van der Waals surface area contributed by atoms with Gasteiger partial charge in [-0.25, -0.2) is 4.98 Å². The number of carbonyl (C=O) groups is 1. The molecule has 4 nitrogen and oxygen atoms in total. The molecule has 0 fully saturated rings. The predicted octanol–water partition coefficient (Wildman–Crippen LogP) is 1.38. The molecule has 1 rings (SSSR count). The molecule has 0 bridgehead atoms. The highest BCUT2D eigenvalue weighted by atomic mass is 19.1. The van der Waals surface area contributed by atoms with Crippen LogP contribution in [0.25, 0.3) is 0 Å². The molecule has 1 aromatic rings. The van der Waals surface area contributed by atoms with Crippen molar-refractivity contribution in [2.75, 3.05) is 20.3 Å². The van der Waals surface area contributed by atoms with E-state index in [1.54, 1.807) is 7.11 Å². The standard InChI is InChI=1S/C11H15FN2O2/c1-16-8-3-2-7-13-11(15)9-5-4-6-10(12)14-9/h4-6H,2-3,7-8H2,1H3,(H,13,15). The number of rotatable bonds is 6. The molecule has 0 aliphatic heterocycles. The third-order valence-corrected chi connectivity index (χ3v) is 2.01. The lowest BCUT2D eigenvalue weighted by molar-refractivity contribution is 0.0945. The molecule has 0 radical (unpaired) electrons. The van der Waals surface area contributed by atoms with Crippen molar-refractivity contribution in [1.82, 2.24) is 10.3 Å². The summed E-state index contributed by atoms with van der Waals surface area (Å²) in [7, 11) is 1.63. The number of aromatic nitrogens is 1. The Labute approximate surface area is 93.8 Å². The van der Waals surface area contributed by atoms with Gasteiger partial charge in [-0.05, 0) is 25.0 Å². The van der Waals surface area contributed by atoms with Gasteiger partial charge in [-0.3, -0.25) is 4.79 Å². The fourth-order valence-corrected chi connectivity index (χ4v) is 1.20. The minimum Gasteiger partial charge on any atom is -0.385 e. The molecular weight excluding hydrogens is 211 g/mol. The number of halogens is 1. The van der Waals surface area contributed by atoms with Gasteiger partial charge >= 0.3 is 0 Å². The quantitative estimate of drug-likeness (QED) is 0.589. The third-order valence-electron chi connectivity index (χ3n) is 2.01. The number of carbonyl (C=O) groups excluding carboxylic acids is 1. The second kappa shape index (κ2) is 6.90. The van der Waals surface area contributed by atoms with Crippen molar-refractivity contribution < 1.29 is 13.9 Å². The van der Waals surface area contributed by atoms with E-state index >= 15 is 0 Å². The van der Waals surface area contributed by atoms with E-state index in [-0.39, 0.29) is 11.6 Å². The fourth-order valence-electron chi connectivity index (χ4n) is 1.20. The topological polar surface area (TPSA) is 51.2 Å². The largest absolute Gasteiger partial charge is 0.385 e. The molecule has 0 unspecified atom stereocenters. The number of pyridine rings is 1. The van der Waals surface area contributed by atoms with Crippen molar-refractivity contribution in [3.05, 3.63) is 29.8 Å². The summed E-state index contributed by atoms with van der Waals surface area (Å²) < 4.78 is 17.6. The van der Waals surface area contributed by atoms with Crippen LogP contribution in [0.15, 0.2) is 18.2 Å². The highest BCUT2D eigenvalue weighted by molar-refractivity contribution is 5.92. The maximum Gasteiger partial charge on any atom is 0.269 e. The molecule has 0 saturated heterocycles. The van der Waals surface area contributed by atoms with Gasteiger partial charge in [0.2, 0.25) is 5.95 Å². The maximum atomic E-state index is 12.7. The van der Waals surface area contributed by atoms with Gasteiger partial charge in [-0.1, -0.05) is 6.07 Å². The van der Waals surface area contributed by atoms with Crippen molar-refractivity contribution in [1.29, 1.82) is 0 Å². The molecule has 0 atom stereocenters. The Hall–Kier alpha value is -1.49. The summed E-state index contributed by atoms with van der Waals surface area (Å²) in [6, 6.07) is 4.14. The predicted molar refractivity (Wildman–Crippen MR) is 57.6 cm³/mol. The fraction of sp³-hybridized carbons (Fsp3) is 0.455. The summed E-state index contributed by atoms with van der Waals surface area (Å²) in [6.45, 7) is 1.22. The molecule has 16 heavy (non-hydrogen) atoms.